The third-order valence-corrected chi connectivity index (χ3v) is 5.80. The van der Waals surface area contributed by atoms with E-state index in [0.717, 1.165) is 25.2 Å². The summed E-state index contributed by atoms with van der Waals surface area (Å²) in [5.41, 5.74) is 1.60. The molecule has 0 aromatic heterocycles. The number of benzene rings is 1. The Bertz CT molecular complexity index is 821. The maximum absolute atomic E-state index is 11.9. The van der Waals surface area contributed by atoms with Crippen molar-refractivity contribution in [2.45, 2.75) is 24.8 Å². The topological polar surface area (TPSA) is 100 Å². The van der Waals surface area contributed by atoms with Crippen molar-refractivity contribution in [1.82, 2.24) is 15.5 Å². The van der Waals surface area contributed by atoms with Gasteiger partial charge in [-0.1, -0.05) is 12.1 Å². The molecule has 164 valence electrons. The number of carbonyl (C=O) groups excluding carboxylic acids is 1. The Kier molecular flexibility index (Phi) is 10.3. The number of likely N-dealkylation sites (N-methyl/N-ethyl adjacent to an activating group) is 1. The van der Waals surface area contributed by atoms with Crippen LogP contribution in [0.5, 0.6) is 0 Å². The molecule has 1 aromatic carbocycles. The second kappa shape index (κ2) is 11.7. The fourth-order valence-electron chi connectivity index (χ4n) is 2.87. The molecule has 1 atom stereocenters. The highest BCUT2D eigenvalue weighted by Crippen LogP contribution is 2.17. The minimum absolute atomic E-state index is 0. The summed E-state index contributed by atoms with van der Waals surface area (Å²) in [5, 5.41) is 6.33. The van der Waals surface area contributed by atoms with Crippen molar-refractivity contribution in [1.29, 1.82) is 0 Å². The second-order valence-corrected chi connectivity index (χ2v) is 9.27. The van der Waals surface area contributed by atoms with Gasteiger partial charge < -0.3 is 20.3 Å². The quantitative estimate of drug-likeness (QED) is 0.307. The first-order chi connectivity index (χ1) is 13.2. The maximum atomic E-state index is 11.9. The van der Waals surface area contributed by atoms with Crippen molar-refractivity contribution >= 4 is 45.7 Å². The number of hydrogen-bond acceptors (Lipinski definition) is 5. The Morgan fingerprint density at radius 3 is 2.59 bits per heavy atom. The number of hydrogen-bond donors (Lipinski definition) is 2. The molecule has 0 aliphatic carbocycles. The van der Waals surface area contributed by atoms with Gasteiger partial charge in [0.2, 0.25) is 5.91 Å². The van der Waals surface area contributed by atoms with E-state index in [-0.39, 0.29) is 36.4 Å². The molecule has 0 radical (unpaired) electrons. The predicted molar refractivity (Wildman–Crippen MR) is 124 cm³/mol. The van der Waals surface area contributed by atoms with Gasteiger partial charge in [-0.3, -0.25) is 4.79 Å². The van der Waals surface area contributed by atoms with Crippen LogP contribution in [0.4, 0.5) is 0 Å². The Balaban J connectivity index is 0.00000420. The number of nitrogens with zero attached hydrogens (tertiary/aromatic N) is 2. The lowest BCUT2D eigenvalue weighted by Gasteiger charge is -2.16. The summed E-state index contributed by atoms with van der Waals surface area (Å²) >= 11 is 0. The van der Waals surface area contributed by atoms with Crippen molar-refractivity contribution in [3.63, 3.8) is 0 Å². The van der Waals surface area contributed by atoms with Crippen molar-refractivity contribution < 1.29 is 17.9 Å². The summed E-state index contributed by atoms with van der Waals surface area (Å²) in [5.74, 6) is 0.923. The fourth-order valence-corrected chi connectivity index (χ4v) is 3.83. The molecule has 29 heavy (non-hydrogen) atoms. The van der Waals surface area contributed by atoms with E-state index in [1.807, 2.05) is 6.07 Å². The molecule has 0 bridgehead atoms. The zero-order valence-electron chi connectivity index (χ0n) is 17.4. The number of amides is 1. The normalized spacial score (nSPS) is 16.8. The second-order valence-electron chi connectivity index (χ2n) is 7.29. The lowest BCUT2D eigenvalue weighted by Crippen LogP contribution is -2.44. The van der Waals surface area contributed by atoms with Gasteiger partial charge in [0.25, 0.3) is 0 Å². The largest absolute Gasteiger partial charge is 0.381 e. The number of aliphatic imine (C=N–C) groups is 1. The molecule has 1 heterocycles. The van der Waals surface area contributed by atoms with Crippen LogP contribution >= 0.6 is 24.0 Å². The van der Waals surface area contributed by atoms with Gasteiger partial charge in [0.05, 0.1) is 24.6 Å². The molecule has 10 heteroatoms. The highest BCUT2D eigenvalue weighted by molar-refractivity contribution is 14.0. The predicted octanol–water partition coefficient (Wildman–Crippen LogP) is 1.18. The summed E-state index contributed by atoms with van der Waals surface area (Å²) in [6.45, 7) is 4.51. The van der Waals surface area contributed by atoms with Crippen molar-refractivity contribution in [2.24, 2.45) is 10.9 Å². The summed E-state index contributed by atoms with van der Waals surface area (Å²) in [7, 11) is 0.169. The minimum Gasteiger partial charge on any atom is -0.381 e. The molecule has 1 aromatic rings. The number of sulfone groups is 1. The van der Waals surface area contributed by atoms with Gasteiger partial charge in [0.15, 0.2) is 15.8 Å². The zero-order valence-corrected chi connectivity index (χ0v) is 20.5. The van der Waals surface area contributed by atoms with Gasteiger partial charge in [-0.05, 0) is 30.5 Å². The third-order valence-electron chi connectivity index (χ3n) is 4.55. The molecule has 1 amide bonds. The van der Waals surface area contributed by atoms with Crippen LogP contribution in [0.25, 0.3) is 0 Å². The van der Waals surface area contributed by atoms with E-state index in [9.17, 15) is 13.2 Å². The van der Waals surface area contributed by atoms with E-state index in [1.54, 1.807) is 33.2 Å². The zero-order chi connectivity index (χ0) is 20.7. The number of ether oxygens (including phenoxy) is 1. The molecule has 1 aliphatic heterocycles. The van der Waals surface area contributed by atoms with Crippen molar-refractivity contribution in [2.75, 3.05) is 46.7 Å². The molecule has 1 aliphatic rings. The Morgan fingerprint density at radius 1 is 1.31 bits per heavy atom. The highest BCUT2D eigenvalue weighted by Gasteiger charge is 2.16. The molecule has 1 saturated heterocycles. The first kappa shape index (κ1) is 25.6. The summed E-state index contributed by atoms with van der Waals surface area (Å²) in [4.78, 5) is 18.3. The van der Waals surface area contributed by atoms with Gasteiger partial charge >= 0.3 is 0 Å². The van der Waals surface area contributed by atoms with Gasteiger partial charge in [0.1, 0.15) is 0 Å². The van der Waals surface area contributed by atoms with Crippen LogP contribution in [0.1, 0.15) is 17.5 Å². The van der Waals surface area contributed by atoms with E-state index in [2.05, 4.69) is 15.6 Å². The molecule has 2 rings (SSSR count). The first-order valence-electron chi connectivity index (χ1n) is 9.26. The van der Waals surface area contributed by atoms with Gasteiger partial charge in [-0.15, -0.1) is 24.0 Å². The standard InChI is InChI=1S/C19H30N4O4S.HI/c1-14-9-15(5-6-17(14)28(4,25)26)10-20-19(22-12-18(24)23(2)3)21-11-16-7-8-27-13-16;/h5-6,9,16H,7-8,10-13H2,1-4H3,(H2,20,21,22);1H. The summed E-state index contributed by atoms with van der Waals surface area (Å²) in [6.07, 6.45) is 2.21. The Morgan fingerprint density at radius 2 is 2.03 bits per heavy atom. The third kappa shape index (κ3) is 8.47. The summed E-state index contributed by atoms with van der Waals surface area (Å²) in [6, 6.07) is 5.20. The monoisotopic (exact) mass is 538 g/mol. The van der Waals surface area contributed by atoms with Crippen molar-refractivity contribution in [3.8, 4) is 0 Å². The average Bonchev–Trinajstić information content (AvgIpc) is 3.13. The molecule has 0 spiro atoms. The van der Waals surface area contributed by atoms with Crippen molar-refractivity contribution in [3.05, 3.63) is 29.3 Å². The Labute approximate surface area is 190 Å². The van der Waals surface area contributed by atoms with E-state index >= 15 is 0 Å². The van der Waals surface area contributed by atoms with Crippen LogP contribution in [0.3, 0.4) is 0 Å². The number of carbonyl (C=O) groups is 1. The lowest BCUT2D eigenvalue weighted by atomic mass is 10.1. The van der Waals surface area contributed by atoms with Crippen LogP contribution in [0, 0.1) is 12.8 Å². The summed E-state index contributed by atoms with van der Waals surface area (Å²) < 4.78 is 28.9. The average molecular weight is 538 g/mol. The van der Waals surface area contributed by atoms with Gasteiger partial charge in [0, 0.05) is 39.4 Å². The van der Waals surface area contributed by atoms with Gasteiger partial charge in [-0.25, -0.2) is 13.4 Å². The van der Waals surface area contributed by atoms with E-state index in [4.69, 9.17) is 4.74 Å². The molecular formula is C19H31IN4O4S. The van der Waals surface area contributed by atoms with E-state index < -0.39 is 9.84 Å². The number of nitrogens with one attached hydrogen (secondary N) is 2. The molecule has 8 nitrogen and oxygen atoms in total. The smallest absolute Gasteiger partial charge is 0.241 e. The van der Waals surface area contributed by atoms with E-state index in [0.29, 0.717) is 35.4 Å². The van der Waals surface area contributed by atoms with Crippen LogP contribution in [-0.2, 0) is 25.9 Å². The minimum atomic E-state index is -3.24. The fraction of sp³-hybridized carbons (Fsp3) is 0.579. The molecule has 2 N–H and O–H groups in total. The SMILES string of the molecule is Cc1cc(CN=C(NCC(=O)N(C)C)NCC2CCOC2)ccc1S(C)(=O)=O.I. The molecule has 1 unspecified atom stereocenters. The maximum Gasteiger partial charge on any atom is 0.241 e. The van der Waals surface area contributed by atoms with Gasteiger partial charge in [-0.2, -0.15) is 0 Å². The van der Waals surface area contributed by atoms with Crippen LogP contribution in [-0.4, -0.2) is 71.8 Å². The first-order valence-corrected chi connectivity index (χ1v) is 11.2. The van der Waals surface area contributed by atoms with Crippen LogP contribution in [0.2, 0.25) is 0 Å². The number of rotatable bonds is 7. The number of guanidine groups is 1. The Hall–Kier alpha value is -1.40. The van der Waals surface area contributed by atoms with Crippen LogP contribution in [0.15, 0.2) is 28.1 Å². The lowest BCUT2D eigenvalue weighted by molar-refractivity contribution is -0.127. The number of halogens is 1. The van der Waals surface area contributed by atoms with E-state index in [1.165, 1.54) is 11.2 Å². The molecule has 1 fully saturated rings. The highest BCUT2D eigenvalue weighted by atomic mass is 127. The van der Waals surface area contributed by atoms with Crippen LogP contribution < -0.4 is 10.6 Å². The number of aryl methyl sites for hydroxylation is 1. The molecule has 0 saturated carbocycles. The molecular weight excluding hydrogens is 507 g/mol.